The maximum absolute atomic E-state index is 13.2. The third-order valence-corrected chi connectivity index (χ3v) is 6.98. The Morgan fingerprint density at radius 3 is 2.71 bits per heavy atom. The van der Waals surface area contributed by atoms with Crippen molar-refractivity contribution in [2.75, 3.05) is 32.2 Å². The van der Waals surface area contributed by atoms with E-state index in [9.17, 15) is 22.0 Å². The van der Waals surface area contributed by atoms with Gasteiger partial charge in [-0.3, -0.25) is 5.32 Å². The Bertz CT molecular complexity index is 1310. The lowest BCUT2D eigenvalue weighted by atomic mass is 10.1. The van der Waals surface area contributed by atoms with Crippen LogP contribution in [0.1, 0.15) is 10.4 Å². The Morgan fingerprint density at radius 2 is 2.00 bits per heavy atom. The quantitative estimate of drug-likeness (QED) is 0.479. The van der Waals surface area contributed by atoms with E-state index < -0.39 is 27.8 Å². The second-order valence-electron chi connectivity index (χ2n) is 7.29. The lowest BCUT2D eigenvalue weighted by molar-refractivity contribution is -0.0497. The van der Waals surface area contributed by atoms with Crippen LogP contribution < -0.4 is 15.4 Å². The van der Waals surface area contributed by atoms with E-state index in [2.05, 4.69) is 20.4 Å². The van der Waals surface area contributed by atoms with Crippen LogP contribution in [0.2, 0.25) is 0 Å². The van der Waals surface area contributed by atoms with Crippen molar-refractivity contribution in [3.05, 3.63) is 54.1 Å². The second kappa shape index (κ2) is 9.87. The molecule has 1 atom stereocenters. The first-order valence-electron chi connectivity index (χ1n) is 10.2. The van der Waals surface area contributed by atoms with Crippen LogP contribution in [0.5, 0.6) is 5.75 Å². The van der Waals surface area contributed by atoms with Gasteiger partial charge in [-0.2, -0.15) is 8.78 Å². The van der Waals surface area contributed by atoms with Gasteiger partial charge in [0, 0.05) is 11.9 Å². The van der Waals surface area contributed by atoms with Gasteiger partial charge in [0.1, 0.15) is 11.1 Å². The van der Waals surface area contributed by atoms with Gasteiger partial charge in [0.05, 0.1) is 42.8 Å². The number of morpholine rings is 1. The van der Waals surface area contributed by atoms with Crippen molar-refractivity contribution in [2.45, 2.75) is 17.0 Å². The Labute approximate surface area is 193 Å². The minimum atomic E-state index is -3.96. The summed E-state index contributed by atoms with van der Waals surface area (Å²) in [5.74, 6) is -0.744. The van der Waals surface area contributed by atoms with E-state index in [0.29, 0.717) is 24.2 Å². The van der Waals surface area contributed by atoms with Crippen LogP contribution in [-0.2, 0) is 19.3 Å². The highest BCUT2D eigenvalue weighted by molar-refractivity contribution is 7.92. The molecule has 0 radical (unpaired) electrons. The van der Waals surface area contributed by atoms with Gasteiger partial charge in [-0.15, -0.1) is 0 Å². The molecule has 1 aliphatic rings. The van der Waals surface area contributed by atoms with Crippen molar-refractivity contribution >= 4 is 38.1 Å². The molecule has 0 bridgehead atoms. The molecule has 0 aliphatic carbocycles. The van der Waals surface area contributed by atoms with Crippen molar-refractivity contribution in [1.29, 1.82) is 0 Å². The van der Waals surface area contributed by atoms with E-state index in [1.54, 1.807) is 18.2 Å². The van der Waals surface area contributed by atoms with Crippen molar-refractivity contribution in [2.24, 2.45) is 0 Å². The zero-order valence-electron chi connectivity index (χ0n) is 18.0. The first-order chi connectivity index (χ1) is 16.3. The number of aromatic nitrogens is 1. The average molecular weight is 493 g/mol. The second-order valence-corrected chi connectivity index (χ2v) is 9.37. The molecule has 12 heteroatoms. The van der Waals surface area contributed by atoms with Crippen LogP contribution in [0.4, 0.5) is 20.2 Å². The molecule has 0 saturated carbocycles. The summed E-state index contributed by atoms with van der Waals surface area (Å²) in [5, 5.41) is 4.99. The molecule has 4 rings (SSSR count). The van der Waals surface area contributed by atoms with Crippen molar-refractivity contribution in [3.63, 3.8) is 0 Å². The monoisotopic (exact) mass is 493 g/mol. The van der Waals surface area contributed by atoms with Crippen LogP contribution in [-0.4, -0.2) is 58.2 Å². The molecule has 2 aromatic carbocycles. The summed E-state index contributed by atoms with van der Waals surface area (Å²) in [6, 6.07) is 11.7. The summed E-state index contributed by atoms with van der Waals surface area (Å²) in [5.41, 5.74) is 0.958. The highest BCUT2D eigenvalue weighted by Crippen LogP contribution is 2.33. The number of ether oxygens (including phenoxy) is 3. The molecular weight excluding hydrogens is 472 g/mol. The standard InChI is InChI=1S/C22H21F2N3O6S/c1-31-21(28)14-4-2-3-5-16(14)26-18-11-19(34(29,30)20-12-32-9-8-25-20)27-17-7-6-13(10-15(17)18)33-22(23)24/h2-7,10-11,20,22,25H,8-9,12H2,1H3,(H,26,27). The van der Waals surface area contributed by atoms with Crippen LogP contribution >= 0.6 is 0 Å². The number of sulfone groups is 1. The smallest absolute Gasteiger partial charge is 0.387 e. The number of pyridine rings is 1. The first kappa shape index (κ1) is 23.8. The molecule has 1 aliphatic heterocycles. The van der Waals surface area contributed by atoms with E-state index in [4.69, 9.17) is 9.47 Å². The third-order valence-electron chi connectivity index (χ3n) is 5.14. The van der Waals surface area contributed by atoms with Crippen LogP contribution in [0.25, 0.3) is 10.9 Å². The fraction of sp³-hybridized carbons (Fsp3) is 0.273. The summed E-state index contributed by atoms with van der Waals surface area (Å²) in [4.78, 5) is 16.5. The molecule has 0 amide bonds. The van der Waals surface area contributed by atoms with Crippen molar-refractivity contribution in [1.82, 2.24) is 10.3 Å². The zero-order valence-corrected chi connectivity index (χ0v) is 18.8. The predicted octanol–water partition coefficient (Wildman–Crippen LogP) is 3.09. The molecule has 1 unspecified atom stereocenters. The molecule has 1 saturated heterocycles. The summed E-state index contributed by atoms with van der Waals surface area (Å²) < 4.78 is 66.6. The first-order valence-corrected chi connectivity index (χ1v) is 11.7. The average Bonchev–Trinajstić information content (AvgIpc) is 2.84. The SMILES string of the molecule is COC(=O)c1ccccc1Nc1cc(S(=O)(=O)C2COCCN2)nc2ccc(OC(F)F)cc12. The van der Waals surface area contributed by atoms with E-state index >= 15 is 0 Å². The molecule has 0 spiro atoms. The Kier molecular flexibility index (Phi) is 6.91. The normalized spacial score (nSPS) is 16.4. The topological polar surface area (TPSA) is 116 Å². The Morgan fingerprint density at radius 1 is 1.21 bits per heavy atom. The number of hydrogen-bond donors (Lipinski definition) is 2. The van der Waals surface area contributed by atoms with Crippen molar-refractivity contribution in [3.8, 4) is 5.75 Å². The molecule has 180 valence electrons. The molecular formula is C22H21F2N3O6S. The summed E-state index contributed by atoms with van der Waals surface area (Å²) in [6.45, 7) is -2.33. The maximum Gasteiger partial charge on any atom is 0.387 e. The lowest BCUT2D eigenvalue weighted by Gasteiger charge is -2.24. The summed E-state index contributed by atoms with van der Waals surface area (Å²) in [7, 11) is -2.72. The minimum absolute atomic E-state index is 0.0445. The number of nitrogens with one attached hydrogen (secondary N) is 2. The summed E-state index contributed by atoms with van der Waals surface area (Å²) in [6.07, 6.45) is 0. The third kappa shape index (κ3) is 4.93. The predicted molar refractivity (Wildman–Crippen MR) is 119 cm³/mol. The molecule has 2 heterocycles. The number of carbonyl (C=O) groups is 1. The van der Waals surface area contributed by atoms with Gasteiger partial charge >= 0.3 is 12.6 Å². The van der Waals surface area contributed by atoms with Gasteiger partial charge in [-0.25, -0.2) is 18.2 Å². The van der Waals surface area contributed by atoms with Crippen LogP contribution in [0.3, 0.4) is 0 Å². The molecule has 3 aromatic rings. The fourth-order valence-corrected chi connectivity index (χ4v) is 4.93. The highest BCUT2D eigenvalue weighted by atomic mass is 32.2. The fourth-order valence-electron chi connectivity index (χ4n) is 3.52. The number of alkyl halides is 2. The van der Waals surface area contributed by atoms with Crippen LogP contribution in [0, 0.1) is 0 Å². The van der Waals surface area contributed by atoms with E-state index in [-0.39, 0.29) is 34.1 Å². The number of halogens is 2. The number of benzene rings is 2. The number of esters is 1. The number of rotatable bonds is 7. The lowest BCUT2D eigenvalue weighted by Crippen LogP contribution is -2.46. The number of methoxy groups -OCH3 is 1. The Balaban J connectivity index is 1.86. The number of nitrogens with zero attached hydrogens (tertiary/aromatic N) is 1. The van der Waals surface area contributed by atoms with Gasteiger partial charge in [0.15, 0.2) is 5.03 Å². The highest BCUT2D eigenvalue weighted by Gasteiger charge is 2.31. The van der Waals surface area contributed by atoms with E-state index in [0.717, 1.165) is 0 Å². The number of hydrogen-bond acceptors (Lipinski definition) is 9. The van der Waals surface area contributed by atoms with Gasteiger partial charge in [0.2, 0.25) is 9.84 Å². The Hall–Kier alpha value is -3.35. The van der Waals surface area contributed by atoms with Gasteiger partial charge in [-0.1, -0.05) is 12.1 Å². The molecule has 9 nitrogen and oxygen atoms in total. The van der Waals surface area contributed by atoms with Gasteiger partial charge in [0.25, 0.3) is 0 Å². The molecule has 2 N–H and O–H groups in total. The number of fused-ring (bicyclic) bond motifs is 1. The van der Waals surface area contributed by atoms with Crippen LogP contribution in [0.15, 0.2) is 53.6 Å². The number of para-hydroxylation sites is 1. The maximum atomic E-state index is 13.2. The zero-order chi connectivity index (χ0) is 24.3. The molecule has 34 heavy (non-hydrogen) atoms. The minimum Gasteiger partial charge on any atom is -0.465 e. The van der Waals surface area contributed by atoms with E-state index in [1.165, 1.54) is 37.4 Å². The van der Waals surface area contributed by atoms with Gasteiger partial charge in [-0.05, 0) is 36.4 Å². The molecule has 1 aromatic heterocycles. The largest absolute Gasteiger partial charge is 0.465 e. The van der Waals surface area contributed by atoms with E-state index in [1.807, 2.05) is 0 Å². The number of anilines is 2. The number of carbonyl (C=O) groups excluding carboxylic acids is 1. The van der Waals surface area contributed by atoms with Gasteiger partial charge < -0.3 is 19.5 Å². The van der Waals surface area contributed by atoms with Crippen molar-refractivity contribution < 1.29 is 36.2 Å². The summed E-state index contributed by atoms with van der Waals surface area (Å²) >= 11 is 0. The molecule has 1 fully saturated rings.